The summed E-state index contributed by atoms with van der Waals surface area (Å²) < 4.78 is 48.3. The molecule has 0 saturated carbocycles. The highest BCUT2D eigenvalue weighted by Crippen LogP contribution is 2.42. The van der Waals surface area contributed by atoms with Crippen molar-refractivity contribution in [2.45, 2.75) is 12.3 Å². The van der Waals surface area contributed by atoms with Crippen molar-refractivity contribution in [1.82, 2.24) is 0 Å². The molecule has 0 amide bonds. The van der Waals surface area contributed by atoms with E-state index in [0.29, 0.717) is 0 Å². The molecule has 3 nitrogen and oxygen atoms in total. The molecule has 0 fully saturated rings. The van der Waals surface area contributed by atoms with Crippen molar-refractivity contribution < 1.29 is 27.4 Å². The van der Waals surface area contributed by atoms with Gasteiger partial charge in [-0.3, -0.25) is 0 Å². The molecule has 9 heteroatoms. The second kappa shape index (κ2) is 5.94. The van der Waals surface area contributed by atoms with Crippen molar-refractivity contribution >= 4 is 46.8 Å². The molecule has 1 unspecified atom stereocenters. The summed E-state index contributed by atoms with van der Waals surface area (Å²) in [6.07, 6.45) is -6.33. The molecule has 1 aromatic rings. The summed E-state index contributed by atoms with van der Waals surface area (Å²) in [6, 6.07) is 1.98. The molecule has 1 aliphatic heterocycles. The lowest BCUT2D eigenvalue weighted by molar-refractivity contribution is -0.187. The number of benzene rings is 1. The molecule has 1 aromatic carbocycles. The summed E-state index contributed by atoms with van der Waals surface area (Å²) in [4.78, 5) is 11.6. The highest BCUT2D eigenvalue weighted by atomic mass is 35.5. The number of hydrogen-bond donors (Lipinski definition) is 0. The van der Waals surface area contributed by atoms with E-state index in [-0.39, 0.29) is 21.4 Å². The Morgan fingerprint density at radius 3 is 2.57 bits per heavy atom. The summed E-state index contributed by atoms with van der Waals surface area (Å²) in [5.74, 6) is -1.43. The Bertz CT molecular complexity index is 614. The fourth-order valence-electron chi connectivity index (χ4n) is 1.78. The lowest BCUT2D eigenvalue weighted by atomic mass is 10.0. The molecule has 1 heterocycles. The van der Waals surface area contributed by atoms with Gasteiger partial charge in [0.05, 0.1) is 10.6 Å². The van der Waals surface area contributed by atoms with Gasteiger partial charge in [-0.2, -0.15) is 13.2 Å². The number of carbonyl (C=O) groups excluding carboxylic acids is 1. The van der Waals surface area contributed by atoms with Crippen molar-refractivity contribution in [2.75, 3.05) is 6.07 Å². The van der Waals surface area contributed by atoms with E-state index in [1.807, 2.05) is 0 Å². The van der Waals surface area contributed by atoms with Gasteiger partial charge in [-0.05, 0) is 18.2 Å². The van der Waals surface area contributed by atoms with Crippen LogP contribution in [0.5, 0.6) is 5.75 Å². The van der Waals surface area contributed by atoms with Crippen molar-refractivity contribution in [3.05, 3.63) is 33.3 Å². The maximum Gasteiger partial charge on any atom is 0.430 e. The monoisotopic (exact) mass is 360 g/mol. The molecule has 0 N–H and O–H groups in total. The number of rotatable bonds is 2. The Morgan fingerprint density at radius 2 is 2.00 bits per heavy atom. The Balaban J connectivity index is 2.55. The van der Waals surface area contributed by atoms with Crippen molar-refractivity contribution in [3.8, 4) is 5.75 Å². The minimum Gasteiger partial charge on any atom is -0.474 e. The Kier molecular flexibility index (Phi) is 4.60. The van der Waals surface area contributed by atoms with Crippen LogP contribution in [0.15, 0.2) is 17.7 Å². The van der Waals surface area contributed by atoms with Crippen LogP contribution in [0.3, 0.4) is 0 Å². The van der Waals surface area contributed by atoms with Crippen molar-refractivity contribution in [1.29, 1.82) is 0 Å². The highest BCUT2D eigenvalue weighted by molar-refractivity contribution is 6.36. The van der Waals surface area contributed by atoms with Crippen LogP contribution in [-0.4, -0.2) is 24.3 Å². The van der Waals surface area contributed by atoms with E-state index in [4.69, 9.17) is 39.5 Å². The Labute approximate surface area is 132 Å². The fraction of sp³-hybridized carbons (Fsp3) is 0.250. The number of halogens is 6. The molecule has 1 aliphatic rings. The lowest BCUT2D eigenvalue weighted by Gasteiger charge is -2.28. The van der Waals surface area contributed by atoms with Gasteiger partial charge in [-0.1, -0.05) is 34.8 Å². The van der Waals surface area contributed by atoms with Gasteiger partial charge >= 0.3 is 12.1 Å². The third-order valence-electron chi connectivity index (χ3n) is 2.58. The molecule has 0 saturated heterocycles. The molecule has 0 radical (unpaired) electrons. The molecule has 21 heavy (non-hydrogen) atoms. The van der Waals surface area contributed by atoms with Gasteiger partial charge in [0.1, 0.15) is 5.75 Å². The third kappa shape index (κ3) is 3.39. The third-order valence-corrected chi connectivity index (χ3v) is 3.19. The van der Waals surface area contributed by atoms with Crippen molar-refractivity contribution in [2.24, 2.45) is 0 Å². The number of esters is 1. The van der Waals surface area contributed by atoms with Gasteiger partial charge in [0, 0.05) is 10.6 Å². The standard InChI is InChI=1S/C12H6Cl3F3O3/c13-4-20-11(19)7-2-5-1-6(14)3-8(15)9(5)21-10(7)12(16,17)18/h1-3,10H,4H2. The highest BCUT2D eigenvalue weighted by Gasteiger charge is 2.49. The van der Waals surface area contributed by atoms with E-state index in [1.165, 1.54) is 12.1 Å². The summed E-state index contributed by atoms with van der Waals surface area (Å²) in [5, 5.41) is 0.0990. The number of ether oxygens (including phenoxy) is 2. The molecule has 0 spiro atoms. The lowest BCUT2D eigenvalue weighted by Crippen LogP contribution is -2.40. The first-order chi connectivity index (χ1) is 9.74. The molecule has 0 bridgehead atoms. The van der Waals surface area contributed by atoms with Crippen LogP contribution in [0, 0.1) is 0 Å². The zero-order chi connectivity index (χ0) is 15.8. The predicted octanol–water partition coefficient (Wildman–Crippen LogP) is 4.44. The van der Waals surface area contributed by atoms with Gasteiger partial charge in [0.15, 0.2) is 6.07 Å². The fourth-order valence-corrected chi connectivity index (χ4v) is 2.43. The summed E-state index contributed by atoms with van der Waals surface area (Å²) in [6.45, 7) is 0. The normalized spacial score (nSPS) is 17.6. The predicted molar refractivity (Wildman–Crippen MR) is 71.7 cm³/mol. The topological polar surface area (TPSA) is 35.5 Å². The van der Waals surface area contributed by atoms with E-state index >= 15 is 0 Å². The van der Waals surface area contributed by atoms with Crippen molar-refractivity contribution in [3.63, 3.8) is 0 Å². The molecular weight excluding hydrogens is 355 g/mol. The second-order valence-corrected chi connectivity index (χ2v) is 5.05. The van der Waals surface area contributed by atoms with Crippen LogP contribution < -0.4 is 4.74 Å². The minimum atomic E-state index is -4.82. The zero-order valence-corrected chi connectivity index (χ0v) is 12.3. The van der Waals surface area contributed by atoms with Gasteiger partial charge in [-0.25, -0.2) is 4.79 Å². The molecular formula is C12H6Cl3F3O3. The maximum absolute atomic E-state index is 13.0. The molecule has 114 valence electrons. The molecule has 0 aliphatic carbocycles. The van der Waals surface area contributed by atoms with Crippen LogP contribution >= 0.6 is 34.8 Å². The average molecular weight is 362 g/mol. The molecule has 2 rings (SSSR count). The van der Waals surface area contributed by atoms with Crippen LogP contribution in [0.1, 0.15) is 5.56 Å². The smallest absolute Gasteiger partial charge is 0.430 e. The SMILES string of the molecule is O=C(OCCl)C1=Cc2cc(Cl)cc(Cl)c2OC1C(F)(F)F. The van der Waals surface area contributed by atoms with Crippen LogP contribution in [0.2, 0.25) is 10.0 Å². The summed E-state index contributed by atoms with van der Waals surface area (Å²) in [7, 11) is 0. The minimum absolute atomic E-state index is 0.0900. The largest absolute Gasteiger partial charge is 0.474 e. The zero-order valence-electron chi connectivity index (χ0n) is 10.0. The van der Waals surface area contributed by atoms with E-state index in [2.05, 4.69) is 4.74 Å². The van der Waals surface area contributed by atoms with Gasteiger partial charge in [0.2, 0.25) is 6.10 Å². The Hall–Kier alpha value is -1.11. The first-order valence-electron chi connectivity index (χ1n) is 5.41. The first kappa shape index (κ1) is 16.3. The summed E-state index contributed by atoms with van der Waals surface area (Å²) >= 11 is 16.8. The number of alkyl halides is 4. The first-order valence-corrected chi connectivity index (χ1v) is 6.70. The average Bonchev–Trinajstić information content (AvgIpc) is 2.36. The number of hydrogen-bond acceptors (Lipinski definition) is 3. The van der Waals surface area contributed by atoms with Crippen LogP contribution in [0.4, 0.5) is 13.2 Å². The maximum atomic E-state index is 13.0. The summed E-state index contributed by atoms with van der Waals surface area (Å²) in [5.41, 5.74) is -0.580. The van der Waals surface area contributed by atoms with Gasteiger partial charge in [0.25, 0.3) is 0 Å². The quantitative estimate of drug-likeness (QED) is 0.577. The van der Waals surface area contributed by atoms with Crippen LogP contribution in [-0.2, 0) is 9.53 Å². The van der Waals surface area contributed by atoms with E-state index in [9.17, 15) is 18.0 Å². The molecule has 1 atom stereocenters. The van der Waals surface area contributed by atoms with Crippen LogP contribution in [0.25, 0.3) is 6.08 Å². The van der Waals surface area contributed by atoms with E-state index in [1.54, 1.807) is 0 Å². The number of fused-ring (bicyclic) bond motifs is 1. The van der Waals surface area contributed by atoms with E-state index < -0.39 is 29.9 Å². The van der Waals surface area contributed by atoms with Gasteiger partial charge in [-0.15, -0.1) is 0 Å². The van der Waals surface area contributed by atoms with Gasteiger partial charge < -0.3 is 9.47 Å². The Morgan fingerprint density at radius 1 is 1.33 bits per heavy atom. The van der Waals surface area contributed by atoms with E-state index in [0.717, 1.165) is 6.08 Å². The number of carbonyl (C=O) groups is 1. The molecule has 0 aromatic heterocycles. The second-order valence-electron chi connectivity index (χ2n) is 3.99.